The van der Waals surface area contributed by atoms with Crippen molar-refractivity contribution in [2.24, 2.45) is 11.8 Å². The zero-order valence-electron chi connectivity index (χ0n) is 30.5. The Morgan fingerprint density at radius 3 is 1.09 bits per heavy atom. The molecule has 0 aliphatic carbocycles. The predicted molar refractivity (Wildman–Crippen MR) is 209 cm³/mol. The van der Waals surface area contributed by atoms with Crippen molar-refractivity contribution >= 4 is 42.8 Å². The summed E-state index contributed by atoms with van der Waals surface area (Å²) in [6.07, 6.45) is 32.4. The summed E-state index contributed by atoms with van der Waals surface area (Å²) in [5.74, 6) is 3.52. The summed E-state index contributed by atoms with van der Waals surface area (Å²) >= 11 is 3.66. The van der Waals surface area contributed by atoms with Crippen LogP contribution in [0.5, 0.6) is 11.5 Å². The monoisotopic (exact) mass is 670 g/mol. The zero-order chi connectivity index (χ0) is 32.7. The van der Waals surface area contributed by atoms with Crippen molar-refractivity contribution in [3.8, 4) is 11.5 Å². The van der Waals surface area contributed by atoms with Gasteiger partial charge in [-0.1, -0.05) is 156 Å². The van der Waals surface area contributed by atoms with Gasteiger partial charge in [0.05, 0.1) is 22.6 Å². The molecular formula is C42H70O2S2. The van der Waals surface area contributed by atoms with Crippen molar-refractivity contribution in [1.82, 2.24) is 0 Å². The molecule has 0 aliphatic rings. The number of hydrogen-bond donors (Lipinski definition) is 0. The zero-order valence-corrected chi connectivity index (χ0v) is 32.1. The average Bonchev–Trinajstić information content (AvgIpc) is 3.76. The molecular weight excluding hydrogens is 601 g/mol. The van der Waals surface area contributed by atoms with Crippen molar-refractivity contribution in [1.29, 1.82) is 0 Å². The summed E-state index contributed by atoms with van der Waals surface area (Å²) < 4.78 is 16.3. The summed E-state index contributed by atoms with van der Waals surface area (Å²) in [7, 11) is 0. The highest BCUT2D eigenvalue weighted by atomic mass is 32.1. The van der Waals surface area contributed by atoms with E-state index in [0.717, 1.165) is 24.7 Å². The number of thiophene rings is 2. The van der Waals surface area contributed by atoms with Crippen LogP contribution in [-0.2, 0) is 0 Å². The van der Waals surface area contributed by atoms with Gasteiger partial charge in [0, 0.05) is 10.8 Å². The molecule has 0 bridgehead atoms. The molecule has 3 aromatic rings. The van der Waals surface area contributed by atoms with Crippen LogP contribution in [0.2, 0.25) is 0 Å². The molecule has 2 aromatic heterocycles. The number of unbranched alkanes of at least 4 members (excludes halogenated alkanes) is 16. The molecule has 1 aromatic carbocycles. The first-order valence-electron chi connectivity index (χ1n) is 19.9. The maximum absolute atomic E-state index is 6.88. The van der Waals surface area contributed by atoms with Crippen molar-refractivity contribution in [2.75, 3.05) is 13.2 Å². The van der Waals surface area contributed by atoms with Gasteiger partial charge in [-0.25, -0.2) is 0 Å². The Balaban J connectivity index is 1.68. The lowest BCUT2D eigenvalue weighted by Gasteiger charge is -2.21. The van der Waals surface area contributed by atoms with Crippen molar-refractivity contribution in [3.05, 3.63) is 22.9 Å². The van der Waals surface area contributed by atoms with E-state index in [0.29, 0.717) is 11.8 Å². The Kier molecular flexibility index (Phi) is 21.1. The smallest absolute Gasteiger partial charge is 0.146 e. The highest BCUT2D eigenvalue weighted by Crippen LogP contribution is 2.48. The van der Waals surface area contributed by atoms with Crippen LogP contribution in [0.3, 0.4) is 0 Å². The van der Waals surface area contributed by atoms with Crippen LogP contribution < -0.4 is 9.47 Å². The molecule has 0 radical (unpaired) electrons. The van der Waals surface area contributed by atoms with Crippen molar-refractivity contribution in [3.63, 3.8) is 0 Å². The first kappa shape index (κ1) is 39.2. The van der Waals surface area contributed by atoms with Gasteiger partial charge in [0.2, 0.25) is 0 Å². The molecule has 46 heavy (non-hydrogen) atoms. The summed E-state index contributed by atoms with van der Waals surface area (Å²) in [4.78, 5) is 0. The SMILES string of the molecule is CCCCCCCCC(CCCCCC)COc1c2ccsc2c(OCC(CCCCCC)CCCCCCCC)c2ccsc12. The maximum Gasteiger partial charge on any atom is 0.146 e. The van der Waals surface area contributed by atoms with E-state index < -0.39 is 0 Å². The van der Waals surface area contributed by atoms with Gasteiger partial charge in [-0.3, -0.25) is 0 Å². The molecule has 0 aliphatic heterocycles. The number of benzene rings is 1. The second kappa shape index (κ2) is 24.8. The molecule has 2 nitrogen and oxygen atoms in total. The van der Waals surface area contributed by atoms with Gasteiger partial charge in [-0.15, -0.1) is 22.7 Å². The van der Waals surface area contributed by atoms with Gasteiger partial charge in [-0.05, 0) is 60.4 Å². The quantitative estimate of drug-likeness (QED) is 0.0657. The van der Waals surface area contributed by atoms with E-state index in [2.05, 4.69) is 50.6 Å². The number of ether oxygens (including phenoxy) is 2. The molecule has 0 spiro atoms. The van der Waals surface area contributed by atoms with Crippen LogP contribution in [0.4, 0.5) is 0 Å². The lowest BCUT2D eigenvalue weighted by atomic mass is 9.95. The fourth-order valence-corrected chi connectivity index (χ4v) is 8.84. The van der Waals surface area contributed by atoms with Gasteiger partial charge >= 0.3 is 0 Å². The first-order valence-corrected chi connectivity index (χ1v) is 21.6. The number of hydrogen-bond acceptors (Lipinski definition) is 4. The van der Waals surface area contributed by atoms with Crippen LogP contribution in [0, 0.1) is 11.8 Å². The third-order valence-electron chi connectivity index (χ3n) is 10.0. The molecule has 2 atom stereocenters. The lowest BCUT2D eigenvalue weighted by Crippen LogP contribution is -2.14. The molecule has 0 N–H and O–H groups in total. The number of rotatable bonds is 30. The van der Waals surface area contributed by atoms with E-state index in [-0.39, 0.29) is 0 Å². The highest BCUT2D eigenvalue weighted by Gasteiger charge is 2.21. The molecule has 2 heterocycles. The fraction of sp³-hybridized carbons (Fsp3) is 0.762. The summed E-state index contributed by atoms with van der Waals surface area (Å²) in [5.41, 5.74) is 0. The topological polar surface area (TPSA) is 18.5 Å². The summed E-state index contributed by atoms with van der Waals surface area (Å²) in [6, 6.07) is 4.56. The Morgan fingerprint density at radius 2 is 0.739 bits per heavy atom. The van der Waals surface area contributed by atoms with E-state index in [9.17, 15) is 0 Å². The molecule has 262 valence electrons. The number of fused-ring (bicyclic) bond motifs is 2. The van der Waals surface area contributed by atoms with E-state index in [4.69, 9.17) is 9.47 Å². The van der Waals surface area contributed by atoms with Crippen LogP contribution in [0.1, 0.15) is 182 Å². The Bertz CT molecular complexity index is 1010. The molecule has 4 heteroatoms. The predicted octanol–water partition coefficient (Wildman–Crippen LogP) is 15.5. The second-order valence-corrected chi connectivity index (χ2v) is 16.0. The van der Waals surface area contributed by atoms with Crippen molar-refractivity contribution < 1.29 is 9.47 Å². The molecule has 0 fully saturated rings. The fourth-order valence-electron chi connectivity index (χ4n) is 7.03. The summed E-state index contributed by atoms with van der Waals surface area (Å²) in [6.45, 7) is 10.9. The minimum atomic E-state index is 0.651. The van der Waals surface area contributed by atoms with Crippen molar-refractivity contribution in [2.45, 2.75) is 182 Å². The largest absolute Gasteiger partial charge is 0.491 e. The van der Waals surface area contributed by atoms with Crippen LogP contribution in [0.25, 0.3) is 20.2 Å². The standard InChI is InChI=1S/C42H70O2S2/c1-5-9-13-17-19-23-27-35(25-21-15-11-7-3)33-43-39-37-29-31-46-42(37)40(38-30-32-45-41(38)39)44-34-36(26-22-16-12-8-4)28-24-20-18-14-10-6-2/h29-32,35-36H,5-28,33-34H2,1-4H3. The van der Waals surface area contributed by atoms with Gasteiger partial charge < -0.3 is 9.47 Å². The van der Waals surface area contributed by atoms with Crippen LogP contribution in [-0.4, -0.2) is 13.2 Å². The molecule has 0 amide bonds. The van der Waals surface area contributed by atoms with Gasteiger partial charge in [0.1, 0.15) is 11.5 Å². The molecule has 0 saturated carbocycles. The minimum absolute atomic E-state index is 0.651. The highest BCUT2D eigenvalue weighted by molar-refractivity contribution is 7.19. The minimum Gasteiger partial charge on any atom is -0.491 e. The third kappa shape index (κ3) is 14.1. The normalized spacial score (nSPS) is 13.1. The third-order valence-corrected chi connectivity index (χ3v) is 11.8. The average molecular weight is 671 g/mol. The Hall–Kier alpha value is -1.26. The van der Waals surface area contributed by atoms with E-state index in [1.54, 1.807) is 0 Å². The summed E-state index contributed by atoms with van der Waals surface area (Å²) in [5, 5.41) is 7.00. The molecule has 2 unspecified atom stereocenters. The van der Waals surface area contributed by atoms with Gasteiger partial charge in [0.25, 0.3) is 0 Å². The van der Waals surface area contributed by atoms with Gasteiger partial charge in [0.15, 0.2) is 0 Å². The first-order chi connectivity index (χ1) is 22.7. The Morgan fingerprint density at radius 1 is 0.435 bits per heavy atom. The van der Waals surface area contributed by atoms with Crippen LogP contribution >= 0.6 is 22.7 Å². The molecule has 0 saturated heterocycles. The molecule has 3 rings (SSSR count). The van der Waals surface area contributed by atoms with E-state index in [1.807, 2.05) is 22.7 Å². The second-order valence-electron chi connectivity index (χ2n) is 14.2. The van der Waals surface area contributed by atoms with Crippen LogP contribution in [0.15, 0.2) is 22.9 Å². The maximum atomic E-state index is 6.88. The Labute approximate surface area is 292 Å². The van der Waals surface area contributed by atoms with E-state index in [1.165, 1.54) is 174 Å². The lowest BCUT2D eigenvalue weighted by molar-refractivity contribution is 0.226. The van der Waals surface area contributed by atoms with E-state index >= 15 is 0 Å². The van der Waals surface area contributed by atoms with Gasteiger partial charge in [-0.2, -0.15) is 0 Å².